The van der Waals surface area contributed by atoms with Crippen LogP contribution in [-0.4, -0.2) is 53.8 Å². The number of pyridine rings is 1. The second kappa shape index (κ2) is 7.46. The lowest BCUT2D eigenvalue weighted by Gasteiger charge is -2.19. The van der Waals surface area contributed by atoms with Crippen LogP contribution in [0, 0.1) is 0 Å². The molecule has 0 aliphatic carbocycles. The summed E-state index contributed by atoms with van der Waals surface area (Å²) in [5, 5.41) is 13.2. The van der Waals surface area contributed by atoms with E-state index in [1.807, 2.05) is 24.4 Å². The molecule has 1 atom stereocenters. The van der Waals surface area contributed by atoms with Crippen LogP contribution < -0.4 is 5.32 Å². The molecule has 4 nitrogen and oxygen atoms in total. The molecule has 1 fully saturated rings. The minimum atomic E-state index is -0.258. The Morgan fingerprint density at radius 1 is 1.33 bits per heavy atom. The lowest BCUT2D eigenvalue weighted by Crippen LogP contribution is -2.37. The van der Waals surface area contributed by atoms with Crippen LogP contribution in [0.4, 0.5) is 0 Å². The van der Waals surface area contributed by atoms with Crippen molar-refractivity contribution in [2.75, 3.05) is 32.7 Å². The third-order valence-electron chi connectivity index (χ3n) is 3.33. The molecule has 1 saturated heterocycles. The van der Waals surface area contributed by atoms with Gasteiger partial charge in [-0.15, -0.1) is 0 Å². The first-order chi connectivity index (χ1) is 8.84. The smallest absolute Gasteiger partial charge is 0.0791 e. The Kier molecular flexibility index (Phi) is 5.58. The monoisotopic (exact) mass is 249 g/mol. The van der Waals surface area contributed by atoms with Crippen molar-refractivity contribution in [1.82, 2.24) is 15.2 Å². The number of hydrogen-bond donors (Lipinski definition) is 2. The first-order valence-electron chi connectivity index (χ1n) is 6.85. The van der Waals surface area contributed by atoms with Crippen molar-refractivity contribution in [1.29, 1.82) is 0 Å². The van der Waals surface area contributed by atoms with Gasteiger partial charge in [0.2, 0.25) is 0 Å². The first-order valence-corrected chi connectivity index (χ1v) is 6.85. The van der Waals surface area contributed by atoms with Gasteiger partial charge in [-0.2, -0.15) is 0 Å². The number of rotatable bonds is 7. The van der Waals surface area contributed by atoms with Gasteiger partial charge >= 0.3 is 0 Å². The fourth-order valence-electron chi connectivity index (χ4n) is 2.36. The highest BCUT2D eigenvalue weighted by atomic mass is 16.3. The Labute approximate surface area is 109 Å². The van der Waals surface area contributed by atoms with Crippen molar-refractivity contribution in [2.24, 2.45) is 0 Å². The number of nitrogens with zero attached hydrogens (tertiary/aromatic N) is 2. The molecule has 1 aromatic rings. The molecule has 1 aromatic heterocycles. The van der Waals surface area contributed by atoms with Crippen molar-refractivity contribution < 1.29 is 5.11 Å². The minimum Gasteiger partial charge on any atom is -0.390 e. The summed E-state index contributed by atoms with van der Waals surface area (Å²) in [4.78, 5) is 6.61. The number of β-amino-alcohol motifs (C(OH)–C–C–N with tert-alkyl or cyclic N) is 1. The average Bonchev–Trinajstić information content (AvgIpc) is 2.89. The number of aromatic nitrogens is 1. The second-order valence-corrected chi connectivity index (χ2v) is 4.94. The number of aliphatic hydroxyl groups excluding tert-OH is 1. The second-order valence-electron chi connectivity index (χ2n) is 4.94. The maximum absolute atomic E-state index is 9.89. The number of nitrogens with one attached hydrogen (secondary N) is 1. The molecule has 2 rings (SSSR count). The predicted molar refractivity (Wildman–Crippen MR) is 72.5 cm³/mol. The molecule has 0 spiro atoms. The molecule has 2 N–H and O–H groups in total. The van der Waals surface area contributed by atoms with E-state index < -0.39 is 0 Å². The largest absolute Gasteiger partial charge is 0.390 e. The molecule has 0 aromatic carbocycles. The molecule has 1 aliphatic heterocycles. The molecule has 18 heavy (non-hydrogen) atoms. The molecule has 0 amide bonds. The van der Waals surface area contributed by atoms with E-state index in [9.17, 15) is 5.11 Å². The Hall–Kier alpha value is -0.970. The number of aliphatic hydroxyl groups is 1. The summed E-state index contributed by atoms with van der Waals surface area (Å²) in [6, 6.07) is 5.96. The van der Waals surface area contributed by atoms with E-state index in [2.05, 4.69) is 15.2 Å². The van der Waals surface area contributed by atoms with Gasteiger partial charge in [-0.05, 0) is 38.1 Å². The SMILES string of the molecule is OC(CNCCc1ccccn1)CN1CCCC1. The van der Waals surface area contributed by atoms with Gasteiger partial charge in [-0.3, -0.25) is 4.98 Å². The Morgan fingerprint density at radius 2 is 2.17 bits per heavy atom. The Bertz CT molecular complexity index is 325. The molecular weight excluding hydrogens is 226 g/mol. The van der Waals surface area contributed by atoms with Crippen LogP contribution in [0.15, 0.2) is 24.4 Å². The standard InChI is InChI=1S/C14H23N3O/c18-14(12-17-9-3-4-10-17)11-15-8-6-13-5-1-2-7-16-13/h1-2,5,7,14-15,18H,3-4,6,8-12H2. The number of hydrogen-bond acceptors (Lipinski definition) is 4. The molecule has 1 unspecified atom stereocenters. The molecular formula is C14H23N3O. The zero-order valence-electron chi connectivity index (χ0n) is 10.9. The quantitative estimate of drug-likeness (QED) is 0.697. The van der Waals surface area contributed by atoms with Crippen LogP contribution in [-0.2, 0) is 6.42 Å². The van der Waals surface area contributed by atoms with Gasteiger partial charge in [-0.1, -0.05) is 6.07 Å². The van der Waals surface area contributed by atoms with Gasteiger partial charge in [0.05, 0.1) is 6.10 Å². The van der Waals surface area contributed by atoms with E-state index in [1.54, 1.807) is 0 Å². The zero-order chi connectivity index (χ0) is 12.6. The third-order valence-corrected chi connectivity index (χ3v) is 3.33. The molecule has 4 heteroatoms. The van der Waals surface area contributed by atoms with Crippen molar-refractivity contribution >= 4 is 0 Å². The molecule has 0 radical (unpaired) electrons. The third kappa shape index (κ3) is 4.72. The minimum absolute atomic E-state index is 0.258. The van der Waals surface area contributed by atoms with Crippen molar-refractivity contribution in [3.05, 3.63) is 30.1 Å². The molecule has 100 valence electrons. The fourth-order valence-corrected chi connectivity index (χ4v) is 2.36. The van der Waals surface area contributed by atoms with Crippen LogP contribution in [0.25, 0.3) is 0 Å². The van der Waals surface area contributed by atoms with Crippen LogP contribution >= 0.6 is 0 Å². The highest BCUT2D eigenvalue weighted by molar-refractivity contribution is 5.03. The topological polar surface area (TPSA) is 48.4 Å². The van der Waals surface area contributed by atoms with Crippen LogP contribution in [0.3, 0.4) is 0 Å². The maximum Gasteiger partial charge on any atom is 0.0791 e. The van der Waals surface area contributed by atoms with Crippen molar-refractivity contribution in [3.63, 3.8) is 0 Å². The van der Waals surface area contributed by atoms with E-state index >= 15 is 0 Å². The summed E-state index contributed by atoms with van der Waals surface area (Å²) in [7, 11) is 0. The lowest BCUT2D eigenvalue weighted by molar-refractivity contribution is 0.124. The van der Waals surface area contributed by atoms with Crippen LogP contribution in [0.1, 0.15) is 18.5 Å². The zero-order valence-corrected chi connectivity index (χ0v) is 10.9. The summed E-state index contributed by atoms with van der Waals surface area (Å²) in [5.41, 5.74) is 1.10. The highest BCUT2D eigenvalue weighted by Crippen LogP contribution is 2.07. The van der Waals surface area contributed by atoms with Gasteiger partial charge in [0, 0.05) is 37.9 Å². The van der Waals surface area contributed by atoms with Crippen LogP contribution in [0.2, 0.25) is 0 Å². The Balaban J connectivity index is 1.54. The maximum atomic E-state index is 9.89. The highest BCUT2D eigenvalue weighted by Gasteiger charge is 2.15. The van der Waals surface area contributed by atoms with E-state index in [0.717, 1.165) is 38.3 Å². The summed E-state index contributed by atoms with van der Waals surface area (Å²) in [6.45, 7) is 4.63. The van der Waals surface area contributed by atoms with E-state index in [1.165, 1.54) is 12.8 Å². The first kappa shape index (κ1) is 13.5. The normalized spacial score (nSPS) is 18.1. The summed E-state index contributed by atoms with van der Waals surface area (Å²) >= 11 is 0. The van der Waals surface area contributed by atoms with Crippen molar-refractivity contribution in [2.45, 2.75) is 25.4 Å². The van der Waals surface area contributed by atoms with Gasteiger partial charge < -0.3 is 15.3 Å². The molecule has 2 heterocycles. The van der Waals surface area contributed by atoms with Gasteiger partial charge in [0.15, 0.2) is 0 Å². The molecule has 0 bridgehead atoms. The summed E-state index contributed by atoms with van der Waals surface area (Å²) < 4.78 is 0. The van der Waals surface area contributed by atoms with E-state index in [-0.39, 0.29) is 6.10 Å². The fraction of sp³-hybridized carbons (Fsp3) is 0.643. The van der Waals surface area contributed by atoms with Gasteiger partial charge in [-0.25, -0.2) is 0 Å². The number of likely N-dealkylation sites (tertiary alicyclic amines) is 1. The van der Waals surface area contributed by atoms with E-state index in [4.69, 9.17) is 0 Å². The van der Waals surface area contributed by atoms with Crippen molar-refractivity contribution in [3.8, 4) is 0 Å². The summed E-state index contributed by atoms with van der Waals surface area (Å²) in [5.74, 6) is 0. The van der Waals surface area contributed by atoms with Gasteiger partial charge in [0.1, 0.15) is 0 Å². The lowest BCUT2D eigenvalue weighted by atomic mass is 10.2. The predicted octanol–water partition coefficient (Wildman–Crippen LogP) is 0.670. The van der Waals surface area contributed by atoms with E-state index in [0.29, 0.717) is 6.54 Å². The summed E-state index contributed by atoms with van der Waals surface area (Å²) in [6.07, 6.45) is 5.03. The van der Waals surface area contributed by atoms with Gasteiger partial charge in [0.25, 0.3) is 0 Å². The average molecular weight is 249 g/mol. The molecule has 0 saturated carbocycles. The Morgan fingerprint density at radius 3 is 2.89 bits per heavy atom. The van der Waals surface area contributed by atoms with Crippen LogP contribution in [0.5, 0.6) is 0 Å². The molecule has 1 aliphatic rings.